The van der Waals surface area contributed by atoms with Crippen molar-refractivity contribution >= 4 is 23.6 Å². The first-order valence-corrected chi connectivity index (χ1v) is 4.04. The van der Waals surface area contributed by atoms with Crippen LogP contribution in [0.4, 0.5) is 0 Å². The Morgan fingerprint density at radius 3 is 3.00 bits per heavy atom. The minimum Gasteiger partial charge on any atom is -0.278 e. The number of aromatic nitrogens is 2. The lowest BCUT2D eigenvalue weighted by molar-refractivity contribution is 1.12. The van der Waals surface area contributed by atoms with Gasteiger partial charge in [0, 0.05) is 5.39 Å². The fourth-order valence-electron chi connectivity index (χ4n) is 1.43. The average Bonchev–Trinajstić information content (AvgIpc) is 2.49. The van der Waals surface area contributed by atoms with Gasteiger partial charge in [-0.1, -0.05) is 17.8 Å². The zero-order valence-corrected chi connectivity index (χ0v) is 7.26. The van der Waals surface area contributed by atoms with Crippen molar-refractivity contribution in [2.45, 2.75) is 13.7 Å². The van der Waals surface area contributed by atoms with Crippen LogP contribution in [0.5, 0.6) is 0 Å². The van der Waals surface area contributed by atoms with E-state index in [1.807, 2.05) is 13.0 Å². The molecule has 2 aromatic rings. The molecule has 1 N–H and O–H groups in total. The van der Waals surface area contributed by atoms with Crippen LogP contribution in [0, 0.1) is 6.92 Å². The molecule has 2 rings (SSSR count). The molecule has 0 saturated carbocycles. The van der Waals surface area contributed by atoms with Gasteiger partial charge in [-0.25, -0.2) is 0 Å². The second kappa shape index (κ2) is 2.66. The van der Waals surface area contributed by atoms with Crippen molar-refractivity contribution in [2.24, 2.45) is 0 Å². The predicted molar refractivity (Wildman–Crippen MR) is 52.1 cm³/mol. The molecule has 0 atom stereocenters. The minimum absolute atomic E-state index is 1.11. The second-order valence-electron chi connectivity index (χ2n) is 2.95. The molecule has 1 heterocycles. The van der Waals surface area contributed by atoms with Crippen LogP contribution in [0.3, 0.4) is 0 Å². The summed E-state index contributed by atoms with van der Waals surface area (Å²) >= 11 is 0. The van der Waals surface area contributed by atoms with Crippen LogP contribution < -0.4 is 5.46 Å². The molecule has 1 aromatic carbocycles. The van der Waals surface area contributed by atoms with Crippen molar-refractivity contribution in [3.05, 3.63) is 23.9 Å². The molecule has 0 aliphatic heterocycles. The van der Waals surface area contributed by atoms with Crippen LogP contribution in [-0.2, 0) is 0 Å². The molecule has 1 radical (unpaired) electrons. The van der Waals surface area contributed by atoms with Gasteiger partial charge in [0.2, 0.25) is 0 Å². The molecule has 12 heavy (non-hydrogen) atoms. The Hall–Kier alpha value is -1.25. The molecule has 0 aliphatic carbocycles. The average molecular weight is 157 g/mol. The standard InChI is InChI=1S/C9H10BN2/c1-6-3-7-5-11-12-9(7)4-8(6)10-2/h3-5H,1-2H3,(H,11,12). The minimum atomic E-state index is 1.11. The number of aryl methyl sites for hydroxylation is 1. The summed E-state index contributed by atoms with van der Waals surface area (Å²) in [5.41, 5.74) is 3.67. The van der Waals surface area contributed by atoms with Gasteiger partial charge in [0.05, 0.1) is 11.7 Å². The summed E-state index contributed by atoms with van der Waals surface area (Å²) in [5, 5.41) is 8.11. The van der Waals surface area contributed by atoms with Crippen LogP contribution in [-0.4, -0.2) is 17.5 Å². The molecular formula is C9H10BN2. The first-order valence-electron chi connectivity index (χ1n) is 4.04. The van der Waals surface area contributed by atoms with Crippen LogP contribution in [0.1, 0.15) is 5.56 Å². The maximum atomic E-state index is 3.98. The fraction of sp³-hybridized carbons (Fsp3) is 0.222. The fourth-order valence-corrected chi connectivity index (χ4v) is 1.43. The highest BCUT2D eigenvalue weighted by Crippen LogP contribution is 2.09. The molecule has 2 nitrogen and oxygen atoms in total. The lowest BCUT2D eigenvalue weighted by Gasteiger charge is -2.00. The van der Waals surface area contributed by atoms with Gasteiger partial charge in [0.1, 0.15) is 7.28 Å². The Balaban J connectivity index is 2.73. The van der Waals surface area contributed by atoms with Gasteiger partial charge in [-0.2, -0.15) is 5.10 Å². The molecule has 0 aliphatic rings. The molecule has 1 aromatic heterocycles. The molecule has 0 bridgehead atoms. The molecular weight excluding hydrogens is 147 g/mol. The maximum absolute atomic E-state index is 3.98. The first kappa shape index (κ1) is 7.41. The third-order valence-electron chi connectivity index (χ3n) is 2.14. The lowest BCUT2D eigenvalue weighted by Crippen LogP contribution is -2.13. The summed E-state index contributed by atoms with van der Waals surface area (Å²) in [7, 11) is 2.11. The Labute approximate surface area is 72.2 Å². The predicted octanol–water partition coefficient (Wildman–Crippen LogP) is 1.25. The maximum Gasteiger partial charge on any atom is 0.148 e. The SMILES string of the molecule is C[B]c1cc2[nH]ncc2cc1C. The number of H-pyrrole nitrogens is 1. The second-order valence-corrected chi connectivity index (χ2v) is 2.95. The number of rotatable bonds is 1. The van der Waals surface area contributed by atoms with E-state index >= 15 is 0 Å². The molecule has 59 valence electrons. The Kier molecular flexibility index (Phi) is 1.64. The number of nitrogens with one attached hydrogen (secondary N) is 1. The van der Waals surface area contributed by atoms with Crippen LogP contribution in [0.15, 0.2) is 18.3 Å². The van der Waals surface area contributed by atoms with E-state index in [4.69, 9.17) is 0 Å². The first-order chi connectivity index (χ1) is 5.81. The van der Waals surface area contributed by atoms with Crippen molar-refractivity contribution in [1.29, 1.82) is 0 Å². The number of fused-ring (bicyclic) bond motifs is 1. The van der Waals surface area contributed by atoms with E-state index in [-0.39, 0.29) is 0 Å². The number of benzene rings is 1. The van der Waals surface area contributed by atoms with Crippen LogP contribution in [0.2, 0.25) is 6.82 Å². The van der Waals surface area contributed by atoms with Gasteiger partial charge < -0.3 is 0 Å². The number of nitrogens with zero attached hydrogens (tertiary/aromatic N) is 1. The summed E-state index contributed by atoms with van der Waals surface area (Å²) in [6.45, 7) is 4.16. The molecule has 0 unspecified atom stereocenters. The molecule has 0 fully saturated rings. The lowest BCUT2D eigenvalue weighted by atomic mass is 9.71. The van der Waals surface area contributed by atoms with E-state index in [1.165, 1.54) is 16.4 Å². The Morgan fingerprint density at radius 2 is 2.25 bits per heavy atom. The van der Waals surface area contributed by atoms with E-state index in [0.29, 0.717) is 0 Å². The van der Waals surface area contributed by atoms with Gasteiger partial charge in [0.15, 0.2) is 0 Å². The van der Waals surface area contributed by atoms with Gasteiger partial charge in [-0.15, -0.1) is 0 Å². The van der Waals surface area contributed by atoms with Gasteiger partial charge in [-0.3, -0.25) is 5.10 Å². The van der Waals surface area contributed by atoms with E-state index in [9.17, 15) is 0 Å². The van der Waals surface area contributed by atoms with Crippen molar-refractivity contribution in [1.82, 2.24) is 10.2 Å². The highest BCUT2D eigenvalue weighted by Gasteiger charge is 2.00. The topological polar surface area (TPSA) is 28.7 Å². The van der Waals surface area contributed by atoms with E-state index in [1.54, 1.807) is 0 Å². The van der Waals surface area contributed by atoms with Crippen molar-refractivity contribution < 1.29 is 0 Å². The molecule has 0 spiro atoms. The monoisotopic (exact) mass is 157 g/mol. The largest absolute Gasteiger partial charge is 0.278 e. The highest BCUT2D eigenvalue weighted by atomic mass is 15.1. The zero-order chi connectivity index (χ0) is 8.55. The van der Waals surface area contributed by atoms with Crippen molar-refractivity contribution in [3.63, 3.8) is 0 Å². The highest BCUT2D eigenvalue weighted by molar-refractivity contribution is 6.53. The van der Waals surface area contributed by atoms with Gasteiger partial charge in [0.25, 0.3) is 0 Å². The summed E-state index contributed by atoms with van der Waals surface area (Å²) in [5.74, 6) is 0. The normalized spacial score (nSPS) is 10.5. The number of hydrogen-bond donors (Lipinski definition) is 1. The van der Waals surface area contributed by atoms with E-state index in [0.717, 1.165) is 5.52 Å². The van der Waals surface area contributed by atoms with E-state index < -0.39 is 0 Å². The zero-order valence-electron chi connectivity index (χ0n) is 7.26. The Bertz CT molecular complexity index is 406. The quantitative estimate of drug-likeness (QED) is 0.620. The molecule has 0 amide bonds. The number of aromatic amines is 1. The van der Waals surface area contributed by atoms with Crippen LogP contribution in [0.25, 0.3) is 10.9 Å². The summed E-state index contributed by atoms with van der Waals surface area (Å²) in [6, 6.07) is 4.27. The summed E-state index contributed by atoms with van der Waals surface area (Å²) in [6.07, 6.45) is 1.85. The molecule has 0 saturated heterocycles. The smallest absolute Gasteiger partial charge is 0.148 e. The van der Waals surface area contributed by atoms with Crippen molar-refractivity contribution in [2.75, 3.05) is 0 Å². The third-order valence-corrected chi connectivity index (χ3v) is 2.14. The van der Waals surface area contributed by atoms with Gasteiger partial charge >= 0.3 is 0 Å². The number of hydrogen-bond acceptors (Lipinski definition) is 1. The van der Waals surface area contributed by atoms with Crippen LogP contribution >= 0.6 is 0 Å². The third kappa shape index (κ3) is 1.02. The van der Waals surface area contributed by atoms with E-state index in [2.05, 4.69) is 36.5 Å². The summed E-state index contributed by atoms with van der Waals surface area (Å²) in [4.78, 5) is 0. The molecule has 3 heteroatoms. The Morgan fingerprint density at radius 1 is 1.42 bits per heavy atom. The van der Waals surface area contributed by atoms with Crippen molar-refractivity contribution in [3.8, 4) is 0 Å². The van der Waals surface area contributed by atoms with Gasteiger partial charge in [-0.05, 0) is 19.1 Å². The summed E-state index contributed by atoms with van der Waals surface area (Å²) < 4.78 is 0.